The third-order valence-electron chi connectivity index (χ3n) is 8.39. The molecule has 3 heterocycles. The molecule has 1 aromatic heterocycles. The highest BCUT2D eigenvalue weighted by Crippen LogP contribution is 2.36. The molecule has 2 atom stereocenters. The summed E-state index contributed by atoms with van der Waals surface area (Å²) in [6.45, 7) is 19.1. The van der Waals surface area contributed by atoms with Crippen LogP contribution in [0.3, 0.4) is 0 Å². The van der Waals surface area contributed by atoms with Crippen molar-refractivity contribution in [3.05, 3.63) is 77.3 Å². The number of benzene rings is 2. The quantitative estimate of drug-likeness (QED) is 0.278. The largest absolute Gasteiger partial charge is 0.461 e. The van der Waals surface area contributed by atoms with E-state index in [1.807, 2.05) is 6.92 Å². The van der Waals surface area contributed by atoms with Gasteiger partial charge in [-0.15, -0.1) is 0 Å². The molecule has 0 spiro atoms. The van der Waals surface area contributed by atoms with Crippen molar-refractivity contribution in [2.45, 2.75) is 57.9 Å². The molecule has 1 saturated heterocycles. The molecule has 0 radical (unpaired) electrons. The lowest BCUT2D eigenvalue weighted by Crippen LogP contribution is -2.56. The van der Waals surface area contributed by atoms with Crippen LogP contribution in [-0.2, 0) is 22.5 Å². The van der Waals surface area contributed by atoms with E-state index in [-0.39, 0.29) is 24.6 Å². The summed E-state index contributed by atoms with van der Waals surface area (Å²) in [6.07, 6.45) is 4.63. The van der Waals surface area contributed by atoms with Gasteiger partial charge in [0.1, 0.15) is 18.5 Å². The number of ether oxygens (including phenoxy) is 2. The molecule has 1 aliphatic carbocycles. The highest BCUT2D eigenvalue weighted by Gasteiger charge is 2.35. The number of carbonyl (C=O) groups is 1. The van der Waals surface area contributed by atoms with Crippen LogP contribution in [0.2, 0.25) is 0 Å². The molecular formula is C33H38N6O3. The standard InChI is InChI=1S/C33H38N6O3/c1-5-30(40)39-17-16-38(19-25(39)18-34-4)32-27-14-15-37(29-11-7-10-24-9-6-8-22(2)31(24)29)20-28(27)35-33(36-32)41-21-23(3)42-26-12-13-26/h5-11,23,25-26H,1,12-21H2,2-3H3/t23-,25+/m1/s1. The van der Waals surface area contributed by atoms with E-state index < -0.39 is 0 Å². The molecule has 2 fully saturated rings. The Hall–Kier alpha value is -4.16. The van der Waals surface area contributed by atoms with Gasteiger partial charge in [0.05, 0.1) is 24.4 Å². The van der Waals surface area contributed by atoms with E-state index in [9.17, 15) is 4.79 Å². The first-order valence-electron chi connectivity index (χ1n) is 14.9. The first-order valence-corrected chi connectivity index (χ1v) is 14.9. The van der Waals surface area contributed by atoms with Crippen LogP contribution >= 0.6 is 0 Å². The van der Waals surface area contributed by atoms with E-state index in [0.717, 1.165) is 42.9 Å². The fraction of sp³-hybridized carbons (Fsp3) is 0.455. The molecule has 218 valence electrons. The van der Waals surface area contributed by atoms with Crippen LogP contribution in [-0.4, -0.2) is 78.4 Å². The van der Waals surface area contributed by atoms with Gasteiger partial charge in [-0.1, -0.05) is 36.9 Å². The summed E-state index contributed by atoms with van der Waals surface area (Å²) in [6, 6.07) is 13.0. The number of anilines is 2. The average Bonchev–Trinajstić information content (AvgIpc) is 3.83. The molecular weight excluding hydrogens is 528 g/mol. The van der Waals surface area contributed by atoms with Gasteiger partial charge in [0, 0.05) is 42.8 Å². The van der Waals surface area contributed by atoms with Crippen LogP contribution in [0.25, 0.3) is 15.6 Å². The molecule has 0 bridgehead atoms. The molecule has 3 aliphatic rings. The first kappa shape index (κ1) is 28.0. The third-order valence-corrected chi connectivity index (χ3v) is 8.39. The fourth-order valence-corrected chi connectivity index (χ4v) is 6.17. The van der Waals surface area contributed by atoms with Gasteiger partial charge < -0.3 is 29.0 Å². The second-order valence-corrected chi connectivity index (χ2v) is 11.5. The van der Waals surface area contributed by atoms with Gasteiger partial charge in [0.2, 0.25) is 12.5 Å². The summed E-state index contributed by atoms with van der Waals surface area (Å²) in [5.41, 5.74) is 4.53. The molecule has 1 saturated carbocycles. The lowest BCUT2D eigenvalue weighted by molar-refractivity contribution is -0.128. The van der Waals surface area contributed by atoms with Crippen LogP contribution < -0.4 is 14.5 Å². The zero-order valence-corrected chi connectivity index (χ0v) is 24.5. The Bertz CT molecular complexity index is 1520. The molecule has 42 heavy (non-hydrogen) atoms. The predicted octanol–water partition coefficient (Wildman–Crippen LogP) is 4.57. The number of aromatic nitrogens is 2. The van der Waals surface area contributed by atoms with Crippen LogP contribution in [0.1, 0.15) is 36.6 Å². The van der Waals surface area contributed by atoms with Gasteiger partial charge >= 0.3 is 6.01 Å². The molecule has 2 aromatic carbocycles. The molecule has 2 aliphatic heterocycles. The molecule has 9 heteroatoms. The van der Waals surface area contributed by atoms with E-state index in [0.29, 0.717) is 44.9 Å². The molecule has 6 rings (SSSR count). The maximum absolute atomic E-state index is 12.5. The van der Waals surface area contributed by atoms with Crippen LogP contribution in [0.4, 0.5) is 11.5 Å². The SMILES string of the molecule is [C-]#[N+]C[C@H]1CN(c2nc(OC[C@@H](C)OC3CC3)nc3c2CCN(c2cccc4cccc(C)c24)C3)CCN1C(=O)C=C. The van der Waals surface area contributed by atoms with Crippen molar-refractivity contribution >= 4 is 28.2 Å². The smallest absolute Gasteiger partial charge is 0.318 e. The summed E-state index contributed by atoms with van der Waals surface area (Å²) in [5.74, 6) is 0.711. The number of carbonyl (C=O) groups excluding carboxylic acids is 1. The van der Waals surface area contributed by atoms with Crippen molar-refractivity contribution in [3.8, 4) is 6.01 Å². The van der Waals surface area contributed by atoms with Crippen LogP contribution in [0.5, 0.6) is 6.01 Å². The molecule has 0 unspecified atom stereocenters. The Morgan fingerprint density at radius 2 is 1.98 bits per heavy atom. The molecule has 3 aromatic rings. The van der Waals surface area contributed by atoms with Crippen molar-refractivity contribution in [2.75, 3.05) is 49.1 Å². The van der Waals surface area contributed by atoms with Gasteiger partial charge in [-0.2, -0.15) is 9.97 Å². The van der Waals surface area contributed by atoms with Gasteiger partial charge in [-0.25, -0.2) is 6.57 Å². The topological polar surface area (TPSA) is 75.4 Å². The Kier molecular flexibility index (Phi) is 7.98. The Labute approximate surface area is 247 Å². The van der Waals surface area contributed by atoms with E-state index in [1.54, 1.807) is 4.90 Å². The van der Waals surface area contributed by atoms with Crippen molar-refractivity contribution in [3.63, 3.8) is 0 Å². The zero-order chi connectivity index (χ0) is 29.2. The number of nitrogens with zero attached hydrogens (tertiary/aromatic N) is 6. The second-order valence-electron chi connectivity index (χ2n) is 11.5. The summed E-state index contributed by atoms with van der Waals surface area (Å²) >= 11 is 0. The minimum absolute atomic E-state index is 0.0488. The van der Waals surface area contributed by atoms with E-state index in [1.165, 1.54) is 28.1 Å². The van der Waals surface area contributed by atoms with Crippen molar-refractivity contribution in [1.29, 1.82) is 0 Å². The lowest BCUT2D eigenvalue weighted by atomic mass is 9.99. The zero-order valence-electron chi connectivity index (χ0n) is 24.5. The van der Waals surface area contributed by atoms with E-state index in [2.05, 4.69) is 64.5 Å². The number of aryl methyl sites for hydroxylation is 1. The summed E-state index contributed by atoms with van der Waals surface area (Å²) in [4.78, 5) is 32.4. The lowest BCUT2D eigenvalue weighted by Gasteiger charge is -2.41. The molecule has 9 nitrogen and oxygen atoms in total. The number of hydrogen-bond acceptors (Lipinski definition) is 7. The Morgan fingerprint density at radius 3 is 2.74 bits per heavy atom. The van der Waals surface area contributed by atoms with Crippen LogP contribution in [0.15, 0.2) is 49.1 Å². The molecule has 0 N–H and O–H groups in total. The minimum Gasteiger partial charge on any atom is -0.461 e. The molecule has 1 amide bonds. The highest BCUT2D eigenvalue weighted by atomic mass is 16.5. The Balaban J connectivity index is 1.32. The van der Waals surface area contributed by atoms with Gasteiger partial charge in [0.15, 0.2) is 0 Å². The van der Waals surface area contributed by atoms with E-state index in [4.69, 9.17) is 26.0 Å². The van der Waals surface area contributed by atoms with Crippen molar-refractivity contribution in [2.24, 2.45) is 0 Å². The predicted molar refractivity (Wildman–Crippen MR) is 164 cm³/mol. The number of amides is 1. The summed E-state index contributed by atoms with van der Waals surface area (Å²) < 4.78 is 12.1. The maximum Gasteiger partial charge on any atom is 0.318 e. The Morgan fingerprint density at radius 1 is 1.17 bits per heavy atom. The second kappa shape index (κ2) is 12.0. The normalized spacial score (nSPS) is 19.3. The van der Waals surface area contributed by atoms with Crippen molar-refractivity contribution in [1.82, 2.24) is 14.9 Å². The maximum atomic E-state index is 12.5. The number of piperazine rings is 1. The summed E-state index contributed by atoms with van der Waals surface area (Å²) in [7, 11) is 0. The number of rotatable bonds is 9. The number of fused-ring (bicyclic) bond motifs is 2. The van der Waals surface area contributed by atoms with Crippen LogP contribution in [0, 0.1) is 13.5 Å². The highest BCUT2D eigenvalue weighted by molar-refractivity contribution is 5.97. The summed E-state index contributed by atoms with van der Waals surface area (Å²) in [5, 5.41) is 2.50. The first-order chi connectivity index (χ1) is 20.4. The van der Waals surface area contributed by atoms with Gasteiger partial charge in [-0.05, 0) is 56.2 Å². The average molecular weight is 567 g/mol. The third kappa shape index (κ3) is 5.77. The van der Waals surface area contributed by atoms with Gasteiger partial charge in [-0.3, -0.25) is 4.79 Å². The van der Waals surface area contributed by atoms with E-state index >= 15 is 0 Å². The van der Waals surface area contributed by atoms with Gasteiger partial charge in [0.25, 0.3) is 0 Å². The minimum atomic E-state index is -0.234. The number of hydrogen-bond donors (Lipinski definition) is 0. The monoisotopic (exact) mass is 566 g/mol. The fourth-order valence-electron chi connectivity index (χ4n) is 6.17. The van der Waals surface area contributed by atoms with Crippen molar-refractivity contribution < 1.29 is 14.3 Å².